The van der Waals surface area contributed by atoms with Crippen molar-refractivity contribution in [1.82, 2.24) is 13.9 Å². The SMILES string of the molecule is COc1ccc2c(c1)nc(S(=O)c1ncc(C)c(OC)c1C)n2S(=O)(=O)c1ccc(OCC(=O)[O-])cc1. The van der Waals surface area contributed by atoms with E-state index < -0.39 is 33.4 Å². The van der Waals surface area contributed by atoms with E-state index in [9.17, 15) is 22.5 Å². The largest absolute Gasteiger partial charge is 0.546 e. The van der Waals surface area contributed by atoms with Crippen molar-refractivity contribution in [1.29, 1.82) is 0 Å². The number of ether oxygens (including phenoxy) is 3. The second-order valence-electron chi connectivity index (χ2n) is 7.82. The molecule has 0 radical (unpaired) electrons. The molecule has 0 N–H and O–H groups in total. The number of fused-ring (bicyclic) bond motifs is 1. The first-order valence-electron chi connectivity index (χ1n) is 10.7. The number of carboxylic acid groups (broad SMARTS) is 1. The van der Waals surface area contributed by atoms with Crippen molar-refractivity contribution >= 4 is 37.8 Å². The fourth-order valence-corrected chi connectivity index (χ4v) is 6.71. The minimum atomic E-state index is -4.33. The van der Waals surface area contributed by atoms with Gasteiger partial charge in [-0.3, -0.25) is 0 Å². The van der Waals surface area contributed by atoms with Crippen LogP contribution in [0.15, 0.2) is 63.7 Å². The first-order valence-corrected chi connectivity index (χ1v) is 13.3. The highest BCUT2D eigenvalue weighted by Crippen LogP contribution is 2.32. The van der Waals surface area contributed by atoms with Crippen LogP contribution in [-0.2, 0) is 25.6 Å². The second kappa shape index (κ2) is 10.2. The van der Waals surface area contributed by atoms with Gasteiger partial charge in [0.2, 0.25) is 5.16 Å². The van der Waals surface area contributed by atoms with Gasteiger partial charge in [-0.2, -0.15) is 0 Å². The van der Waals surface area contributed by atoms with Crippen molar-refractivity contribution in [3.8, 4) is 17.2 Å². The van der Waals surface area contributed by atoms with Gasteiger partial charge in [-0.15, -0.1) is 0 Å². The lowest BCUT2D eigenvalue weighted by Gasteiger charge is -2.14. The molecule has 37 heavy (non-hydrogen) atoms. The number of rotatable bonds is 9. The van der Waals surface area contributed by atoms with Crippen molar-refractivity contribution in [3.05, 3.63) is 59.8 Å². The molecular weight excluding hydrogens is 522 g/mol. The lowest BCUT2D eigenvalue weighted by atomic mass is 10.2. The first kappa shape index (κ1) is 26.1. The average molecular weight is 545 g/mol. The predicted molar refractivity (Wildman–Crippen MR) is 131 cm³/mol. The minimum absolute atomic E-state index is 0.104. The number of nitrogens with zero attached hydrogens (tertiary/aromatic N) is 3. The number of aliphatic carboxylic acids is 1. The zero-order valence-corrected chi connectivity index (χ0v) is 21.9. The molecule has 2 heterocycles. The van der Waals surface area contributed by atoms with Crippen LogP contribution in [0.2, 0.25) is 0 Å². The molecule has 2 aromatic heterocycles. The number of hydrogen-bond acceptors (Lipinski definition) is 10. The van der Waals surface area contributed by atoms with Crippen LogP contribution < -0.4 is 19.3 Å². The van der Waals surface area contributed by atoms with E-state index in [0.29, 0.717) is 17.1 Å². The van der Waals surface area contributed by atoms with Gasteiger partial charge in [0, 0.05) is 23.4 Å². The highest BCUT2D eigenvalue weighted by molar-refractivity contribution is 7.91. The van der Waals surface area contributed by atoms with Crippen LogP contribution in [0.3, 0.4) is 0 Å². The molecule has 4 rings (SSSR count). The van der Waals surface area contributed by atoms with Gasteiger partial charge in [0.15, 0.2) is 0 Å². The number of carbonyl (C=O) groups is 1. The summed E-state index contributed by atoms with van der Waals surface area (Å²) in [6.45, 7) is 2.79. The van der Waals surface area contributed by atoms with Crippen LogP contribution >= 0.6 is 0 Å². The van der Waals surface area contributed by atoms with Gasteiger partial charge in [0.25, 0.3) is 10.0 Å². The van der Waals surface area contributed by atoms with E-state index >= 15 is 0 Å². The molecule has 1 atom stereocenters. The van der Waals surface area contributed by atoms with Crippen molar-refractivity contribution in [2.75, 3.05) is 20.8 Å². The van der Waals surface area contributed by atoms with Gasteiger partial charge < -0.3 is 24.1 Å². The third-order valence-electron chi connectivity index (χ3n) is 5.45. The van der Waals surface area contributed by atoms with Crippen LogP contribution in [0.5, 0.6) is 17.2 Å². The summed E-state index contributed by atoms with van der Waals surface area (Å²) in [4.78, 5) is 19.2. The number of hydrogen-bond donors (Lipinski definition) is 0. The van der Waals surface area contributed by atoms with Gasteiger partial charge in [0.05, 0.1) is 36.1 Å². The molecule has 0 aliphatic rings. The summed E-state index contributed by atoms with van der Waals surface area (Å²) in [6.07, 6.45) is 1.49. The molecule has 0 fully saturated rings. The summed E-state index contributed by atoms with van der Waals surface area (Å²) in [6, 6.07) is 9.73. The Morgan fingerprint density at radius 2 is 1.73 bits per heavy atom. The molecule has 0 spiro atoms. The molecule has 0 saturated heterocycles. The summed E-state index contributed by atoms with van der Waals surface area (Å²) in [5, 5.41) is 10.5. The van der Waals surface area contributed by atoms with Gasteiger partial charge in [-0.05, 0) is 50.2 Å². The number of imidazole rings is 1. The topological polar surface area (TPSA) is 150 Å². The Kier molecular flexibility index (Phi) is 7.18. The maximum Gasteiger partial charge on any atom is 0.270 e. The fourth-order valence-electron chi connectivity index (χ4n) is 3.74. The quantitative estimate of drug-likeness (QED) is 0.304. The molecule has 4 aromatic rings. The Balaban J connectivity index is 1.90. The molecule has 194 valence electrons. The molecule has 0 amide bonds. The Bertz CT molecular complexity index is 1630. The molecule has 0 aliphatic heterocycles. The number of aromatic nitrogens is 3. The fraction of sp³-hybridized carbons (Fsp3) is 0.208. The summed E-state index contributed by atoms with van der Waals surface area (Å²) in [5.74, 6) is -0.357. The van der Waals surface area contributed by atoms with E-state index in [-0.39, 0.29) is 31.9 Å². The van der Waals surface area contributed by atoms with E-state index in [0.717, 1.165) is 9.54 Å². The van der Waals surface area contributed by atoms with Crippen molar-refractivity contribution in [2.45, 2.75) is 28.9 Å². The predicted octanol–water partition coefficient (Wildman–Crippen LogP) is 1.60. The lowest BCUT2D eigenvalue weighted by molar-refractivity contribution is -0.307. The molecule has 0 saturated carbocycles. The van der Waals surface area contributed by atoms with E-state index in [2.05, 4.69) is 9.97 Å². The van der Waals surface area contributed by atoms with E-state index in [1.165, 1.54) is 56.8 Å². The molecule has 0 bridgehead atoms. The smallest absolute Gasteiger partial charge is 0.270 e. The highest BCUT2D eigenvalue weighted by atomic mass is 32.2. The highest BCUT2D eigenvalue weighted by Gasteiger charge is 2.30. The zero-order valence-electron chi connectivity index (χ0n) is 20.3. The van der Waals surface area contributed by atoms with Crippen LogP contribution in [0.25, 0.3) is 11.0 Å². The Labute approximate surface area is 215 Å². The molecule has 2 aromatic carbocycles. The molecule has 0 aliphatic carbocycles. The van der Waals surface area contributed by atoms with Crippen molar-refractivity contribution < 1.29 is 36.7 Å². The average Bonchev–Trinajstić information content (AvgIpc) is 3.27. The second-order valence-corrected chi connectivity index (χ2v) is 10.9. The molecule has 1 unspecified atom stereocenters. The summed E-state index contributed by atoms with van der Waals surface area (Å²) < 4.78 is 58.0. The Morgan fingerprint density at radius 1 is 1.05 bits per heavy atom. The maximum absolute atomic E-state index is 13.8. The van der Waals surface area contributed by atoms with E-state index in [4.69, 9.17) is 14.2 Å². The standard InChI is InChI=1S/C24H23N3O8S2/c1-14-12-25-23(15(2)22(14)34-4)36(30)24-26-19-11-17(33-3)7-10-20(19)27(24)37(31,32)18-8-5-16(6-9-18)35-13-21(28)29/h5-12H,13H2,1-4H3,(H,28,29)/p-1. The van der Waals surface area contributed by atoms with Crippen molar-refractivity contribution in [3.63, 3.8) is 0 Å². The van der Waals surface area contributed by atoms with Crippen LogP contribution in [0.4, 0.5) is 0 Å². The zero-order chi connectivity index (χ0) is 26.9. The first-order chi connectivity index (χ1) is 17.6. The van der Waals surface area contributed by atoms with Crippen LogP contribution in [0, 0.1) is 13.8 Å². The number of pyridine rings is 1. The van der Waals surface area contributed by atoms with Gasteiger partial charge >= 0.3 is 0 Å². The van der Waals surface area contributed by atoms with Gasteiger partial charge in [-0.1, -0.05) is 0 Å². The third-order valence-corrected chi connectivity index (χ3v) is 8.65. The summed E-state index contributed by atoms with van der Waals surface area (Å²) in [5.41, 5.74) is 1.64. The normalized spacial score (nSPS) is 12.3. The number of methoxy groups -OCH3 is 2. The Hall–Kier alpha value is -3.97. The van der Waals surface area contributed by atoms with E-state index in [1.807, 2.05) is 0 Å². The summed E-state index contributed by atoms with van der Waals surface area (Å²) >= 11 is 0. The van der Waals surface area contributed by atoms with Gasteiger partial charge in [-0.25, -0.2) is 26.6 Å². The molecular formula is C24H22N3O8S2-. The number of carbonyl (C=O) groups excluding carboxylic acids is 1. The number of benzene rings is 2. The molecule has 13 heteroatoms. The monoisotopic (exact) mass is 544 g/mol. The molecule has 11 nitrogen and oxygen atoms in total. The maximum atomic E-state index is 13.8. The minimum Gasteiger partial charge on any atom is -0.546 e. The third kappa shape index (κ3) is 4.87. The van der Waals surface area contributed by atoms with Gasteiger partial charge in [0.1, 0.15) is 39.7 Å². The number of carboxylic acids is 1. The van der Waals surface area contributed by atoms with Crippen LogP contribution in [-0.4, -0.2) is 53.4 Å². The summed E-state index contributed by atoms with van der Waals surface area (Å²) in [7, 11) is -3.51. The van der Waals surface area contributed by atoms with Crippen LogP contribution in [0.1, 0.15) is 11.1 Å². The van der Waals surface area contributed by atoms with Crippen molar-refractivity contribution in [2.24, 2.45) is 0 Å². The van der Waals surface area contributed by atoms with E-state index in [1.54, 1.807) is 19.9 Å². The lowest BCUT2D eigenvalue weighted by Crippen LogP contribution is -2.28. The number of aryl methyl sites for hydroxylation is 1. The Morgan fingerprint density at radius 3 is 2.35 bits per heavy atom.